The minimum Gasteiger partial charge on any atom is -0.356 e. The maximum atomic E-state index is 12.2. The molecule has 25 heavy (non-hydrogen) atoms. The summed E-state index contributed by atoms with van der Waals surface area (Å²) in [6.45, 7) is 1.92. The Labute approximate surface area is 151 Å². The van der Waals surface area contributed by atoms with Crippen LogP contribution in [0.4, 0.5) is 0 Å². The van der Waals surface area contributed by atoms with E-state index in [9.17, 15) is 4.79 Å². The summed E-state index contributed by atoms with van der Waals surface area (Å²) in [6.07, 6.45) is 12.2. The van der Waals surface area contributed by atoms with Crippen LogP contribution in [0.1, 0.15) is 62.1 Å². The van der Waals surface area contributed by atoms with Crippen LogP contribution in [0, 0.1) is 5.92 Å². The third kappa shape index (κ3) is 5.02. The van der Waals surface area contributed by atoms with E-state index in [0.717, 1.165) is 45.1 Å². The van der Waals surface area contributed by atoms with E-state index in [-0.39, 0.29) is 11.8 Å². The van der Waals surface area contributed by atoms with Crippen molar-refractivity contribution in [3.8, 4) is 0 Å². The second-order valence-corrected chi connectivity index (χ2v) is 7.77. The molecule has 3 rings (SSSR count). The van der Waals surface area contributed by atoms with Gasteiger partial charge >= 0.3 is 0 Å². The standard InChI is InChI=1S/C20H32N4O/c1-24-11-3-5-19(24)17-12-15(13-22-14-17)4-2-10-23-20(25)16-6-8-18(21)9-7-16/h12-14,16,18-19H,2-11,21H2,1H3,(H,23,25)/t16-,18-,19-/m0/s1. The quantitative estimate of drug-likeness (QED) is 0.778. The van der Waals surface area contributed by atoms with Crippen LogP contribution in [0.25, 0.3) is 0 Å². The highest BCUT2D eigenvalue weighted by Crippen LogP contribution is 2.30. The summed E-state index contributed by atoms with van der Waals surface area (Å²) in [6, 6.07) is 3.11. The lowest BCUT2D eigenvalue weighted by Gasteiger charge is -2.25. The van der Waals surface area contributed by atoms with Gasteiger partial charge in [0.2, 0.25) is 5.91 Å². The van der Waals surface area contributed by atoms with Crippen LogP contribution in [0.15, 0.2) is 18.5 Å². The van der Waals surface area contributed by atoms with Crippen molar-refractivity contribution in [3.63, 3.8) is 0 Å². The maximum Gasteiger partial charge on any atom is 0.223 e. The molecule has 1 amide bonds. The molecule has 2 fully saturated rings. The Morgan fingerprint density at radius 3 is 2.80 bits per heavy atom. The number of aromatic nitrogens is 1. The van der Waals surface area contributed by atoms with Gasteiger partial charge in [0.05, 0.1) is 0 Å². The maximum absolute atomic E-state index is 12.2. The Morgan fingerprint density at radius 2 is 2.08 bits per heavy atom. The second-order valence-electron chi connectivity index (χ2n) is 7.77. The van der Waals surface area contributed by atoms with Crippen molar-refractivity contribution < 1.29 is 4.79 Å². The predicted molar refractivity (Wildman–Crippen MR) is 100 cm³/mol. The zero-order valence-electron chi connectivity index (χ0n) is 15.4. The van der Waals surface area contributed by atoms with Crippen LogP contribution >= 0.6 is 0 Å². The zero-order chi connectivity index (χ0) is 17.6. The number of likely N-dealkylation sites (tertiary alicyclic amines) is 1. The summed E-state index contributed by atoms with van der Waals surface area (Å²) in [4.78, 5) is 19.1. The molecule has 1 aromatic heterocycles. The largest absolute Gasteiger partial charge is 0.356 e. The van der Waals surface area contributed by atoms with Crippen LogP contribution in [-0.2, 0) is 11.2 Å². The van der Waals surface area contributed by atoms with Gasteiger partial charge in [-0.05, 0) is 76.1 Å². The van der Waals surface area contributed by atoms with Crippen molar-refractivity contribution in [2.24, 2.45) is 11.7 Å². The topological polar surface area (TPSA) is 71.2 Å². The Balaban J connectivity index is 1.41. The first-order valence-electron chi connectivity index (χ1n) is 9.81. The summed E-state index contributed by atoms with van der Waals surface area (Å²) >= 11 is 0. The molecule has 1 saturated carbocycles. The van der Waals surface area contributed by atoms with Crippen LogP contribution < -0.4 is 11.1 Å². The Morgan fingerprint density at radius 1 is 1.28 bits per heavy atom. The molecule has 1 aromatic rings. The second kappa shape index (κ2) is 8.77. The van der Waals surface area contributed by atoms with E-state index in [0.29, 0.717) is 12.1 Å². The molecule has 0 radical (unpaired) electrons. The van der Waals surface area contributed by atoms with Gasteiger partial charge in [0.25, 0.3) is 0 Å². The van der Waals surface area contributed by atoms with E-state index in [1.807, 2.05) is 12.4 Å². The number of carbonyl (C=O) groups is 1. The molecule has 2 aliphatic rings. The number of rotatable bonds is 6. The van der Waals surface area contributed by atoms with Crippen LogP contribution in [0.3, 0.4) is 0 Å². The van der Waals surface area contributed by atoms with E-state index >= 15 is 0 Å². The summed E-state index contributed by atoms with van der Waals surface area (Å²) < 4.78 is 0. The summed E-state index contributed by atoms with van der Waals surface area (Å²) in [5.41, 5.74) is 8.52. The molecule has 1 aliphatic carbocycles. The Bertz CT molecular complexity index is 569. The van der Waals surface area contributed by atoms with Gasteiger partial charge in [-0.25, -0.2) is 0 Å². The highest BCUT2D eigenvalue weighted by Gasteiger charge is 2.24. The van der Waals surface area contributed by atoms with Crippen LogP contribution in [-0.4, -0.2) is 42.0 Å². The lowest BCUT2D eigenvalue weighted by atomic mass is 9.86. The van der Waals surface area contributed by atoms with E-state index < -0.39 is 0 Å². The van der Waals surface area contributed by atoms with Gasteiger partial charge in [0, 0.05) is 36.9 Å². The van der Waals surface area contributed by atoms with Gasteiger partial charge in [-0.15, -0.1) is 0 Å². The molecule has 5 nitrogen and oxygen atoms in total. The summed E-state index contributed by atoms with van der Waals surface area (Å²) in [7, 11) is 2.19. The van der Waals surface area contributed by atoms with Crippen molar-refractivity contribution in [2.45, 2.75) is 63.5 Å². The third-order valence-corrected chi connectivity index (χ3v) is 5.81. The van der Waals surface area contributed by atoms with Gasteiger partial charge in [0.15, 0.2) is 0 Å². The number of hydrogen-bond donors (Lipinski definition) is 2. The first-order chi connectivity index (χ1) is 12.1. The highest BCUT2D eigenvalue weighted by atomic mass is 16.1. The monoisotopic (exact) mass is 344 g/mol. The van der Waals surface area contributed by atoms with Gasteiger partial charge in [-0.2, -0.15) is 0 Å². The van der Waals surface area contributed by atoms with E-state index in [2.05, 4.69) is 28.3 Å². The highest BCUT2D eigenvalue weighted by molar-refractivity contribution is 5.78. The van der Waals surface area contributed by atoms with Gasteiger partial charge in [0.1, 0.15) is 0 Å². The fourth-order valence-electron chi connectivity index (χ4n) is 4.19. The number of nitrogens with zero attached hydrogens (tertiary/aromatic N) is 2. The minimum atomic E-state index is 0.169. The number of aryl methyl sites for hydroxylation is 1. The first-order valence-corrected chi connectivity index (χ1v) is 9.81. The average Bonchev–Trinajstić information content (AvgIpc) is 3.05. The molecule has 3 N–H and O–H groups in total. The van der Waals surface area contributed by atoms with Crippen LogP contribution in [0.2, 0.25) is 0 Å². The predicted octanol–water partition coefficient (Wildman–Crippen LogP) is 2.41. The lowest BCUT2D eigenvalue weighted by Crippen LogP contribution is -2.36. The molecule has 0 spiro atoms. The summed E-state index contributed by atoms with van der Waals surface area (Å²) in [5, 5.41) is 3.11. The SMILES string of the molecule is CN1CCC[C@H]1c1cncc(CCCNC(=O)[C@H]2CC[C@H](N)CC2)c1. The number of hydrogen-bond acceptors (Lipinski definition) is 4. The number of amides is 1. The summed E-state index contributed by atoms with van der Waals surface area (Å²) in [5.74, 6) is 0.383. The number of nitrogens with two attached hydrogens (primary N) is 1. The zero-order valence-corrected chi connectivity index (χ0v) is 15.4. The normalized spacial score (nSPS) is 27.4. The average molecular weight is 345 g/mol. The first kappa shape index (κ1) is 18.3. The van der Waals surface area contributed by atoms with Crippen molar-refractivity contribution >= 4 is 5.91 Å². The van der Waals surface area contributed by atoms with Gasteiger partial charge in [-0.1, -0.05) is 6.07 Å². The minimum absolute atomic E-state index is 0.169. The number of carbonyl (C=O) groups excluding carboxylic acids is 1. The third-order valence-electron chi connectivity index (χ3n) is 5.81. The van der Waals surface area contributed by atoms with E-state index in [4.69, 9.17) is 5.73 Å². The van der Waals surface area contributed by atoms with Crippen molar-refractivity contribution in [1.82, 2.24) is 15.2 Å². The van der Waals surface area contributed by atoms with Crippen LogP contribution in [0.5, 0.6) is 0 Å². The molecular weight excluding hydrogens is 312 g/mol. The number of pyridine rings is 1. The molecule has 5 heteroatoms. The lowest BCUT2D eigenvalue weighted by molar-refractivity contribution is -0.125. The van der Waals surface area contributed by atoms with Crippen molar-refractivity contribution in [2.75, 3.05) is 20.1 Å². The number of nitrogens with one attached hydrogen (secondary N) is 1. The molecule has 1 atom stereocenters. The van der Waals surface area contributed by atoms with Crippen molar-refractivity contribution in [3.05, 3.63) is 29.6 Å². The molecular formula is C20H32N4O. The fourth-order valence-corrected chi connectivity index (χ4v) is 4.19. The van der Waals surface area contributed by atoms with Crippen molar-refractivity contribution in [1.29, 1.82) is 0 Å². The van der Waals surface area contributed by atoms with E-state index in [1.54, 1.807) is 0 Å². The Kier molecular flexibility index (Phi) is 6.43. The Hall–Kier alpha value is -1.46. The van der Waals surface area contributed by atoms with E-state index in [1.165, 1.54) is 30.5 Å². The molecule has 1 aliphatic heterocycles. The molecule has 2 heterocycles. The molecule has 0 bridgehead atoms. The van der Waals surface area contributed by atoms with Gasteiger partial charge < -0.3 is 11.1 Å². The molecule has 138 valence electrons. The fraction of sp³-hybridized carbons (Fsp3) is 0.700. The smallest absolute Gasteiger partial charge is 0.223 e. The molecule has 1 saturated heterocycles. The molecule has 0 aromatic carbocycles. The molecule has 0 unspecified atom stereocenters. The van der Waals surface area contributed by atoms with Gasteiger partial charge in [-0.3, -0.25) is 14.7 Å².